The molecule has 36 heavy (non-hydrogen) atoms. The van der Waals surface area contributed by atoms with Crippen LogP contribution in [0.4, 0.5) is 4.79 Å². The number of carbonyl (C=O) groups excluding carboxylic acids is 1. The fourth-order valence-corrected chi connectivity index (χ4v) is 5.42. The molecule has 4 rings (SSSR count). The largest absolute Gasteiger partial charge is 0.419 e. The van der Waals surface area contributed by atoms with Gasteiger partial charge in [-0.2, -0.15) is 0 Å². The highest BCUT2D eigenvalue weighted by atomic mass is 16.4. The maximum atomic E-state index is 13.2. The number of aryl methyl sites for hydroxylation is 1. The molecule has 1 fully saturated rings. The molecule has 7 nitrogen and oxygen atoms in total. The van der Waals surface area contributed by atoms with Gasteiger partial charge in [-0.25, -0.2) is 9.59 Å². The first-order valence-corrected chi connectivity index (χ1v) is 13.1. The minimum absolute atomic E-state index is 0.00635. The molecule has 0 aliphatic carbocycles. The third kappa shape index (κ3) is 5.84. The molecule has 7 heteroatoms. The van der Waals surface area contributed by atoms with Gasteiger partial charge in [0.25, 0.3) is 0 Å². The van der Waals surface area contributed by atoms with Crippen molar-refractivity contribution in [2.75, 3.05) is 33.7 Å². The van der Waals surface area contributed by atoms with Crippen molar-refractivity contribution in [3.63, 3.8) is 0 Å². The number of likely N-dealkylation sites (tertiary alicyclic amines) is 1. The molecule has 2 heterocycles. The molecule has 1 aromatic heterocycles. The number of nitrogens with one attached hydrogen (secondary N) is 1. The molecule has 1 atom stereocenters. The number of likely N-dealkylation sites (N-methyl/N-ethyl adjacent to an activating group) is 1. The number of unbranched alkanes of at least 4 members (excludes halogenated alkanes) is 1. The third-order valence-electron chi connectivity index (χ3n) is 7.54. The van der Waals surface area contributed by atoms with E-state index in [-0.39, 0.29) is 23.2 Å². The number of aromatic nitrogens is 1. The van der Waals surface area contributed by atoms with Crippen LogP contribution in [0.3, 0.4) is 0 Å². The van der Waals surface area contributed by atoms with Gasteiger partial charge < -0.3 is 19.5 Å². The molecule has 0 saturated carbocycles. The summed E-state index contributed by atoms with van der Waals surface area (Å²) >= 11 is 0. The molecule has 2 amide bonds. The number of piperidine rings is 1. The molecule has 0 bridgehead atoms. The predicted octanol–water partition coefficient (Wildman–Crippen LogP) is 4.85. The number of urea groups is 1. The van der Waals surface area contributed by atoms with Crippen molar-refractivity contribution in [3.05, 3.63) is 70.2 Å². The minimum Gasteiger partial charge on any atom is -0.408 e. The topological polar surface area (TPSA) is 70.7 Å². The fourth-order valence-electron chi connectivity index (χ4n) is 5.42. The van der Waals surface area contributed by atoms with E-state index < -0.39 is 0 Å². The van der Waals surface area contributed by atoms with Crippen molar-refractivity contribution in [1.29, 1.82) is 0 Å². The number of benzene rings is 2. The second-order valence-electron chi connectivity index (χ2n) is 10.7. The highest BCUT2D eigenvalue weighted by molar-refractivity contribution is 5.76. The van der Waals surface area contributed by atoms with Crippen LogP contribution in [0.25, 0.3) is 11.1 Å². The van der Waals surface area contributed by atoms with E-state index in [0.717, 1.165) is 56.3 Å². The summed E-state index contributed by atoms with van der Waals surface area (Å²) in [5.41, 5.74) is 3.54. The third-order valence-corrected chi connectivity index (χ3v) is 7.54. The van der Waals surface area contributed by atoms with Gasteiger partial charge in [-0.05, 0) is 83.3 Å². The van der Waals surface area contributed by atoms with Crippen molar-refractivity contribution in [2.45, 2.75) is 64.0 Å². The molecule has 3 aromatic rings. The van der Waals surface area contributed by atoms with E-state index in [2.05, 4.69) is 49.5 Å². The molecule has 1 N–H and O–H groups in total. The van der Waals surface area contributed by atoms with Gasteiger partial charge in [-0.3, -0.25) is 4.57 Å². The lowest BCUT2D eigenvalue weighted by Gasteiger charge is -2.48. The van der Waals surface area contributed by atoms with Crippen LogP contribution < -0.4 is 11.1 Å². The SMILES string of the molecule is CN(C)CCn1c(=O)oc2cc(C3CCCN(C(=O)NCCCCc4ccccc4)C3(C)C)ccc21. The van der Waals surface area contributed by atoms with E-state index in [9.17, 15) is 9.59 Å². The minimum atomic E-state index is -0.353. The van der Waals surface area contributed by atoms with Gasteiger partial charge in [0.2, 0.25) is 0 Å². The quantitative estimate of drug-likeness (QED) is 0.434. The molecule has 1 aliphatic heterocycles. The second-order valence-corrected chi connectivity index (χ2v) is 10.7. The number of fused-ring (bicyclic) bond motifs is 1. The summed E-state index contributed by atoms with van der Waals surface area (Å²) in [5, 5.41) is 3.15. The Bertz CT molecular complexity index is 1210. The van der Waals surface area contributed by atoms with E-state index in [1.165, 1.54) is 5.56 Å². The van der Waals surface area contributed by atoms with Gasteiger partial charge in [-0.15, -0.1) is 0 Å². The van der Waals surface area contributed by atoms with Crippen LogP contribution in [-0.2, 0) is 13.0 Å². The van der Waals surface area contributed by atoms with Gasteiger partial charge in [0.15, 0.2) is 5.58 Å². The van der Waals surface area contributed by atoms with Crippen molar-refractivity contribution in [2.24, 2.45) is 0 Å². The molecular weight excluding hydrogens is 452 g/mol. The molecule has 194 valence electrons. The van der Waals surface area contributed by atoms with Gasteiger partial charge in [0.05, 0.1) is 5.52 Å². The smallest absolute Gasteiger partial charge is 0.408 e. The summed E-state index contributed by atoms with van der Waals surface area (Å²) in [6, 6.07) is 16.6. The predicted molar refractivity (Wildman–Crippen MR) is 145 cm³/mol. The van der Waals surface area contributed by atoms with Crippen LogP contribution in [-0.4, -0.2) is 59.7 Å². The zero-order chi connectivity index (χ0) is 25.7. The first kappa shape index (κ1) is 26.0. The van der Waals surface area contributed by atoms with E-state index in [0.29, 0.717) is 18.7 Å². The molecule has 0 radical (unpaired) electrons. The number of hydrogen-bond donors (Lipinski definition) is 1. The summed E-state index contributed by atoms with van der Waals surface area (Å²) in [6.07, 6.45) is 4.98. The van der Waals surface area contributed by atoms with Crippen LogP contribution in [0, 0.1) is 0 Å². The van der Waals surface area contributed by atoms with Gasteiger partial charge in [-0.1, -0.05) is 36.4 Å². The van der Waals surface area contributed by atoms with Crippen LogP contribution in [0.5, 0.6) is 0 Å². The van der Waals surface area contributed by atoms with Crippen molar-refractivity contribution < 1.29 is 9.21 Å². The first-order valence-electron chi connectivity index (χ1n) is 13.1. The highest BCUT2D eigenvalue weighted by Gasteiger charge is 2.42. The lowest BCUT2D eigenvalue weighted by Crippen LogP contribution is -2.57. The zero-order valence-electron chi connectivity index (χ0n) is 22.1. The average Bonchev–Trinajstić information content (AvgIpc) is 3.16. The Balaban J connectivity index is 1.39. The number of rotatable bonds is 9. The summed E-state index contributed by atoms with van der Waals surface area (Å²) < 4.78 is 7.31. The number of amides is 2. The summed E-state index contributed by atoms with van der Waals surface area (Å²) in [7, 11) is 3.98. The second kappa shape index (κ2) is 11.3. The lowest BCUT2D eigenvalue weighted by atomic mass is 9.75. The maximum absolute atomic E-state index is 13.2. The Morgan fingerprint density at radius 3 is 2.67 bits per heavy atom. The van der Waals surface area contributed by atoms with Crippen molar-refractivity contribution in [3.8, 4) is 0 Å². The number of hydrogen-bond acceptors (Lipinski definition) is 4. The van der Waals surface area contributed by atoms with Gasteiger partial charge >= 0.3 is 11.8 Å². The summed E-state index contributed by atoms with van der Waals surface area (Å²) in [5.74, 6) is -0.157. The van der Waals surface area contributed by atoms with E-state index in [4.69, 9.17) is 4.42 Å². The van der Waals surface area contributed by atoms with Crippen molar-refractivity contribution >= 4 is 17.1 Å². The molecule has 1 saturated heterocycles. The number of carbonyl (C=O) groups is 1. The standard InChI is InChI=1S/C29H40N4O3/c1-29(2)24(23-15-16-25-26(21-23)36-28(35)32(25)20-19-31(3)4)14-10-18-33(29)27(34)30-17-9-8-13-22-11-6-5-7-12-22/h5-7,11-12,15-16,21,24H,8-10,13-14,17-20H2,1-4H3,(H,30,34). The zero-order valence-corrected chi connectivity index (χ0v) is 22.1. The van der Waals surface area contributed by atoms with Gasteiger partial charge in [0.1, 0.15) is 0 Å². The number of nitrogens with zero attached hydrogens (tertiary/aromatic N) is 3. The normalized spacial score (nSPS) is 17.6. The summed E-state index contributed by atoms with van der Waals surface area (Å²) in [4.78, 5) is 29.6. The lowest BCUT2D eigenvalue weighted by molar-refractivity contribution is 0.0833. The molecule has 2 aromatic carbocycles. The fraction of sp³-hybridized carbons (Fsp3) is 0.517. The molecule has 1 aliphatic rings. The van der Waals surface area contributed by atoms with Crippen LogP contribution in [0.1, 0.15) is 56.6 Å². The Morgan fingerprint density at radius 2 is 1.92 bits per heavy atom. The molecule has 0 spiro atoms. The van der Waals surface area contributed by atoms with Crippen LogP contribution in [0.15, 0.2) is 57.7 Å². The van der Waals surface area contributed by atoms with E-state index >= 15 is 0 Å². The van der Waals surface area contributed by atoms with E-state index in [1.807, 2.05) is 42.1 Å². The molecular formula is C29H40N4O3. The monoisotopic (exact) mass is 492 g/mol. The van der Waals surface area contributed by atoms with Crippen LogP contribution in [0.2, 0.25) is 0 Å². The first-order chi connectivity index (χ1) is 17.3. The Kier molecular flexibility index (Phi) is 8.19. The summed E-state index contributed by atoms with van der Waals surface area (Å²) in [6.45, 7) is 7.08. The highest BCUT2D eigenvalue weighted by Crippen LogP contribution is 2.41. The van der Waals surface area contributed by atoms with Crippen LogP contribution >= 0.6 is 0 Å². The molecule has 1 unspecified atom stereocenters. The number of oxazole rings is 1. The maximum Gasteiger partial charge on any atom is 0.419 e. The van der Waals surface area contributed by atoms with Gasteiger partial charge in [0, 0.05) is 37.6 Å². The Hall–Kier alpha value is -3.06. The van der Waals surface area contributed by atoms with E-state index in [1.54, 1.807) is 4.57 Å². The van der Waals surface area contributed by atoms with Crippen molar-refractivity contribution in [1.82, 2.24) is 19.7 Å². The Morgan fingerprint density at radius 1 is 1.14 bits per heavy atom. The average molecular weight is 493 g/mol. The Labute approximate surface area is 214 Å².